The van der Waals surface area contributed by atoms with Gasteiger partial charge < -0.3 is 34.8 Å². The Hall–Kier alpha value is -3.32. The van der Waals surface area contributed by atoms with E-state index >= 15 is 0 Å². The van der Waals surface area contributed by atoms with Gasteiger partial charge in [-0.2, -0.15) is 0 Å². The maximum Gasteiger partial charge on any atom is 0.311 e. The van der Waals surface area contributed by atoms with Gasteiger partial charge in [-0.1, -0.05) is 6.07 Å². The summed E-state index contributed by atoms with van der Waals surface area (Å²) in [5.41, 5.74) is 0.758. The van der Waals surface area contributed by atoms with E-state index in [-0.39, 0.29) is 25.5 Å². The number of ether oxygens (including phenoxy) is 3. The molecule has 12 heteroatoms. The molecule has 4 N–H and O–H groups in total. The average Bonchev–Trinajstić information content (AvgIpc) is 3.24. The fraction of sp³-hybridized carbons (Fsp3) is 0.586. The molecule has 2 aliphatic rings. The lowest BCUT2D eigenvalue weighted by Gasteiger charge is -2.39. The van der Waals surface area contributed by atoms with Crippen LogP contribution in [0.4, 0.5) is 0 Å². The largest absolute Gasteiger partial charge is 0.462 e. The summed E-state index contributed by atoms with van der Waals surface area (Å²) >= 11 is 0. The number of hydrogen-bond acceptors (Lipinski definition) is 10. The maximum absolute atomic E-state index is 12.4. The maximum atomic E-state index is 12.4. The summed E-state index contributed by atoms with van der Waals surface area (Å²) in [6.45, 7) is 7.16. The summed E-state index contributed by atoms with van der Waals surface area (Å²) in [6.07, 6.45) is -1.75. The molecular formula is C29H40N2O10. The molecule has 0 spiro atoms. The molecule has 0 radical (unpaired) electrons. The fourth-order valence-electron chi connectivity index (χ4n) is 4.25. The van der Waals surface area contributed by atoms with Crippen LogP contribution in [0.5, 0.6) is 5.75 Å². The Bertz CT molecular complexity index is 1130. The van der Waals surface area contributed by atoms with E-state index < -0.39 is 53.9 Å². The van der Waals surface area contributed by atoms with Crippen molar-refractivity contribution in [3.05, 3.63) is 41.5 Å². The summed E-state index contributed by atoms with van der Waals surface area (Å²) in [7, 11) is 0. The van der Waals surface area contributed by atoms with Crippen molar-refractivity contribution in [3.8, 4) is 5.75 Å². The zero-order chi connectivity index (χ0) is 30.3. The van der Waals surface area contributed by atoms with Crippen LogP contribution in [-0.2, 0) is 41.7 Å². The smallest absolute Gasteiger partial charge is 0.311 e. The van der Waals surface area contributed by atoms with Gasteiger partial charge in [-0.05, 0) is 64.7 Å². The molecule has 226 valence electrons. The van der Waals surface area contributed by atoms with E-state index in [0.717, 1.165) is 16.9 Å². The minimum atomic E-state index is -1.49. The molecule has 0 unspecified atom stereocenters. The number of nitrogens with one attached hydrogen (secondary N) is 1. The van der Waals surface area contributed by atoms with Crippen LogP contribution in [0.25, 0.3) is 0 Å². The highest BCUT2D eigenvalue weighted by Crippen LogP contribution is 2.29. The predicted octanol–water partition coefficient (Wildman–Crippen LogP) is 0.736. The first kappa shape index (κ1) is 32.2. The summed E-state index contributed by atoms with van der Waals surface area (Å²) in [5, 5.41) is 33.2. The monoisotopic (exact) mass is 576 g/mol. The molecule has 41 heavy (non-hydrogen) atoms. The van der Waals surface area contributed by atoms with Gasteiger partial charge in [0.05, 0.1) is 11.5 Å². The number of benzene rings is 1. The molecule has 12 nitrogen and oxygen atoms in total. The average molecular weight is 577 g/mol. The predicted molar refractivity (Wildman–Crippen MR) is 145 cm³/mol. The number of carbonyl (C=O) groups excluding carboxylic acids is 4. The number of hydrogen-bond donors (Lipinski definition) is 4. The Morgan fingerprint density at radius 2 is 1.71 bits per heavy atom. The van der Waals surface area contributed by atoms with E-state index in [1.165, 1.54) is 12.2 Å². The van der Waals surface area contributed by atoms with Crippen molar-refractivity contribution >= 4 is 23.7 Å². The second kappa shape index (κ2) is 14.0. The number of carbonyl (C=O) groups is 4. The van der Waals surface area contributed by atoms with Crippen LogP contribution in [0, 0.1) is 5.41 Å². The zero-order valence-electron chi connectivity index (χ0n) is 23.9. The lowest BCUT2D eigenvalue weighted by Crippen LogP contribution is -2.58. The number of aryl methyl sites for hydroxylation is 1. The minimum absolute atomic E-state index is 0.0332. The third-order valence-corrected chi connectivity index (χ3v) is 6.82. The van der Waals surface area contributed by atoms with Gasteiger partial charge in [0.15, 0.2) is 0 Å². The normalized spacial score (nSPS) is 24.5. The Balaban J connectivity index is 1.55. The van der Waals surface area contributed by atoms with Gasteiger partial charge in [0.2, 0.25) is 12.2 Å². The lowest BCUT2D eigenvalue weighted by atomic mass is 9.97. The number of aliphatic hydroxyl groups is 3. The van der Waals surface area contributed by atoms with Crippen molar-refractivity contribution in [1.29, 1.82) is 0 Å². The molecule has 0 aromatic heterocycles. The third-order valence-electron chi connectivity index (χ3n) is 6.82. The Kier molecular flexibility index (Phi) is 11.0. The van der Waals surface area contributed by atoms with E-state index in [0.29, 0.717) is 30.7 Å². The number of amides is 3. The lowest BCUT2D eigenvalue weighted by molar-refractivity contribution is -0.268. The minimum Gasteiger partial charge on any atom is -0.462 e. The SMILES string of the molecule is C[C@H]1O[C@@H](Oc2ccc(CCCCNC(=O)CCN3C(=O)C=CC3=O)cc2COC(=O)C(C)(C)C)[C@H](O)[C@@H](O)[C@@H]1O. The number of unbranched alkanes of at least 4 members (excludes halogenated alkanes) is 1. The van der Waals surface area contributed by atoms with E-state index in [2.05, 4.69) is 5.32 Å². The first-order valence-electron chi connectivity index (χ1n) is 13.7. The standard InChI is InChI=1S/C29H40N2O10/c1-17-24(35)25(36)26(37)27(40-17)41-20-9-8-18(15-19(20)16-39-28(38)29(2,3)4)7-5-6-13-30-21(32)12-14-31-22(33)10-11-23(31)34/h8-11,15,17,24-27,35-37H,5-7,12-14,16H2,1-4H3,(H,30,32)/t17-,24-,25+,26-,27+/m1/s1. The molecule has 0 bridgehead atoms. The molecule has 5 atom stereocenters. The van der Waals surface area contributed by atoms with Gasteiger partial charge in [-0.15, -0.1) is 0 Å². The van der Waals surface area contributed by atoms with Crippen LogP contribution >= 0.6 is 0 Å². The summed E-state index contributed by atoms with van der Waals surface area (Å²) in [4.78, 5) is 48.6. The number of imide groups is 1. The van der Waals surface area contributed by atoms with Crippen LogP contribution in [-0.4, -0.2) is 87.7 Å². The highest BCUT2D eigenvalue weighted by atomic mass is 16.7. The van der Waals surface area contributed by atoms with E-state index in [1.54, 1.807) is 33.8 Å². The summed E-state index contributed by atoms with van der Waals surface area (Å²) in [5.74, 6) is -1.19. The van der Waals surface area contributed by atoms with Gasteiger partial charge >= 0.3 is 5.97 Å². The third kappa shape index (κ3) is 8.83. The van der Waals surface area contributed by atoms with Gasteiger partial charge in [0.25, 0.3) is 11.8 Å². The van der Waals surface area contributed by atoms with Gasteiger partial charge in [0.1, 0.15) is 30.7 Å². The quantitative estimate of drug-likeness (QED) is 0.158. The van der Waals surface area contributed by atoms with E-state index in [4.69, 9.17) is 14.2 Å². The first-order valence-corrected chi connectivity index (χ1v) is 13.7. The number of aliphatic hydroxyl groups excluding tert-OH is 3. The number of nitrogens with zero attached hydrogens (tertiary/aromatic N) is 1. The molecular weight excluding hydrogens is 536 g/mol. The molecule has 0 aliphatic carbocycles. The number of rotatable bonds is 12. The molecule has 2 heterocycles. The summed E-state index contributed by atoms with van der Waals surface area (Å²) in [6, 6.07) is 5.32. The zero-order valence-corrected chi connectivity index (χ0v) is 23.9. The molecule has 1 aromatic carbocycles. The second-order valence-electron chi connectivity index (χ2n) is 11.3. The molecule has 3 rings (SSSR count). The topological polar surface area (TPSA) is 172 Å². The van der Waals surface area contributed by atoms with Crippen molar-refractivity contribution in [2.75, 3.05) is 13.1 Å². The van der Waals surface area contributed by atoms with Crippen molar-refractivity contribution < 1.29 is 48.7 Å². The molecule has 0 saturated carbocycles. The van der Waals surface area contributed by atoms with Gasteiger partial charge in [-0.3, -0.25) is 24.1 Å². The van der Waals surface area contributed by atoms with Crippen LogP contribution in [0.2, 0.25) is 0 Å². The first-order chi connectivity index (χ1) is 19.3. The van der Waals surface area contributed by atoms with Crippen LogP contribution < -0.4 is 10.1 Å². The van der Waals surface area contributed by atoms with E-state index in [9.17, 15) is 34.5 Å². The van der Waals surface area contributed by atoms with E-state index in [1.807, 2.05) is 12.1 Å². The summed E-state index contributed by atoms with van der Waals surface area (Å²) < 4.78 is 16.9. The second-order valence-corrected chi connectivity index (χ2v) is 11.3. The molecule has 1 fully saturated rings. The molecule has 1 saturated heterocycles. The van der Waals surface area contributed by atoms with Gasteiger partial charge in [0, 0.05) is 37.2 Å². The Labute approximate surface area is 239 Å². The molecule has 1 aromatic rings. The molecule has 3 amide bonds. The van der Waals surface area contributed by atoms with Crippen LogP contribution in [0.1, 0.15) is 58.1 Å². The fourth-order valence-corrected chi connectivity index (χ4v) is 4.25. The Morgan fingerprint density at radius 1 is 1.02 bits per heavy atom. The van der Waals surface area contributed by atoms with Crippen molar-refractivity contribution in [2.45, 2.75) is 90.7 Å². The molecule has 2 aliphatic heterocycles. The van der Waals surface area contributed by atoms with Crippen molar-refractivity contribution in [2.24, 2.45) is 5.41 Å². The highest BCUT2D eigenvalue weighted by molar-refractivity contribution is 6.13. The van der Waals surface area contributed by atoms with Gasteiger partial charge in [-0.25, -0.2) is 0 Å². The van der Waals surface area contributed by atoms with Crippen molar-refractivity contribution in [1.82, 2.24) is 10.2 Å². The van der Waals surface area contributed by atoms with Crippen molar-refractivity contribution in [3.63, 3.8) is 0 Å². The number of esters is 1. The van der Waals surface area contributed by atoms with Crippen LogP contribution in [0.15, 0.2) is 30.4 Å². The Morgan fingerprint density at radius 3 is 2.37 bits per heavy atom. The van der Waals surface area contributed by atoms with Crippen LogP contribution in [0.3, 0.4) is 0 Å². The highest BCUT2D eigenvalue weighted by Gasteiger charge is 2.43.